The van der Waals surface area contributed by atoms with Crippen LogP contribution in [0.25, 0.3) is 0 Å². The Kier molecular flexibility index (Phi) is 2.73. The van der Waals surface area contributed by atoms with E-state index in [1.54, 1.807) is 11.1 Å². The second-order valence-electron chi connectivity index (χ2n) is 3.06. The van der Waals surface area contributed by atoms with Gasteiger partial charge in [0.15, 0.2) is 0 Å². The first-order valence-corrected chi connectivity index (χ1v) is 4.13. The van der Waals surface area contributed by atoms with E-state index in [0.717, 1.165) is 6.42 Å². The normalized spacial score (nSPS) is 16.3. The lowest BCUT2D eigenvalue weighted by molar-refractivity contribution is 0.642. The van der Waals surface area contributed by atoms with Crippen LogP contribution in [0.3, 0.4) is 0 Å². The number of rotatable bonds is 3. The monoisotopic (exact) mass is 136 g/mol. The highest BCUT2D eigenvalue weighted by atomic mass is 14.2. The predicted octanol–water partition coefficient (Wildman–Crippen LogP) is 3.45. The van der Waals surface area contributed by atoms with Gasteiger partial charge in [-0.1, -0.05) is 17.2 Å². The Hall–Kier alpha value is -0.520. The van der Waals surface area contributed by atoms with Crippen molar-refractivity contribution in [2.45, 2.75) is 39.0 Å². The molecule has 1 aliphatic carbocycles. The lowest BCUT2D eigenvalue weighted by Gasteiger charge is -2.19. The van der Waals surface area contributed by atoms with E-state index in [0.29, 0.717) is 0 Å². The molecule has 0 atom stereocenters. The van der Waals surface area contributed by atoms with Crippen LogP contribution in [-0.4, -0.2) is 0 Å². The van der Waals surface area contributed by atoms with Gasteiger partial charge < -0.3 is 0 Å². The molecule has 0 saturated heterocycles. The smallest absolute Gasteiger partial charge is 0.0286 e. The van der Waals surface area contributed by atoms with Gasteiger partial charge in [0.25, 0.3) is 0 Å². The molecule has 0 heteroatoms. The van der Waals surface area contributed by atoms with Gasteiger partial charge in [-0.05, 0) is 39.0 Å². The van der Waals surface area contributed by atoms with E-state index in [2.05, 4.69) is 13.5 Å². The average Bonchev–Trinajstić information content (AvgIpc) is 1.79. The molecule has 0 aliphatic heterocycles. The van der Waals surface area contributed by atoms with Gasteiger partial charge in [-0.2, -0.15) is 0 Å². The number of hydrogen-bond donors (Lipinski definition) is 0. The summed E-state index contributed by atoms with van der Waals surface area (Å²) in [5, 5.41) is 0. The Morgan fingerprint density at radius 3 is 2.70 bits per heavy atom. The minimum atomic E-state index is 1.15. The zero-order chi connectivity index (χ0) is 7.40. The van der Waals surface area contributed by atoms with Gasteiger partial charge in [-0.15, -0.1) is 6.58 Å². The first kappa shape index (κ1) is 7.59. The van der Waals surface area contributed by atoms with Crippen molar-refractivity contribution in [3.05, 3.63) is 23.8 Å². The molecule has 0 aromatic rings. The molecule has 0 aromatic carbocycles. The minimum Gasteiger partial charge on any atom is -0.103 e. The third-order valence-corrected chi connectivity index (χ3v) is 2.28. The zero-order valence-corrected chi connectivity index (χ0v) is 6.82. The standard InChI is InChI=1S/C10H16/c1-3-4-6-9(2)10-7-5-8-10/h3H,1,4-8H2,2H3. The molecule has 0 nitrogen and oxygen atoms in total. The van der Waals surface area contributed by atoms with Gasteiger partial charge in [0.2, 0.25) is 0 Å². The highest BCUT2D eigenvalue weighted by Crippen LogP contribution is 2.30. The predicted molar refractivity (Wildman–Crippen MR) is 46.0 cm³/mol. The van der Waals surface area contributed by atoms with Crippen LogP contribution in [0.4, 0.5) is 0 Å². The first-order valence-electron chi connectivity index (χ1n) is 4.13. The summed E-state index contributed by atoms with van der Waals surface area (Å²) in [5.41, 5.74) is 3.33. The lowest BCUT2D eigenvalue weighted by Crippen LogP contribution is -1.99. The van der Waals surface area contributed by atoms with Crippen molar-refractivity contribution in [1.29, 1.82) is 0 Å². The Morgan fingerprint density at radius 1 is 1.60 bits per heavy atom. The van der Waals surface area contributed by atoms with E-state index in [1.165, 1.54) is 25.7 Å². The summed E-state index contributed by atoms with van der Waals surface area (Å²) in [4.78, 5) is 0. The molecule has 0 radical (unpaired) electrons. The molecular formula is C10H16. The molecular weight excluding hydrogens is 120 g/mol. The van der Waals surface area contributed by atoms with Crippen LogP contribution in [-0.2, 0) is 0 Å². The second-order valence-corrected chi connectivity index (χ2v) is 3.06. The van der Waals surface area contributed by atoms with Crippen LogP contribution in [0.1, 0.15) is 39.0 Å². The Bertz CT molecular complexity index is 145. The SMILES string of the molecule is C=CCCC(C)=C1CCC1. The Balaban J connectivity index is 2.31. The van der Waals surface area contributed by atoms with E-state index >= 15 is 0 Å². The van der Waals surface area contributed by atoms with E-state index in [9.17, 15) is 0 Å². The van der Waals surface area contributed by atoms with Crippen molar-refractivity contribution in [3.8, 4) is 0 Å². The quantitative estimate of drug-likeness (QED) is 0.521. The van der Waals surface area contributed by atoms with Crippen molar-refractivity contribution in [2.75, 3.05) is 0 Å². The van der Waals surface area contributed by atoms with Gasteiger partial charge >= 0.3 is 0 Å². The molecule has 1 saturated carbocycles. The van der Waals surface area contributed by atoms with Crippen molar-refractivity contribution in [1.82, 2.24) is 0 Å². The molecule has 56 valence electrons. The third kappa shape index (κ3) is 1.73. The van der Waals surface area contributed by atoms with Crippen LogP contribution < -0.4 is 0 Å². The highest BCUT2D eigenvalue weighted by Gasteiger charge is 2.10. The van der Waals surface area contributed by atoms with E-state index < -0.39 is 0 Å². The highest BCUT2D eigenvalue weighted by molar-refractivity contribution is 5.17. The number of hydrogen-bond acceptors (Lipinski definition) is 0. The molecule has 0 spiro atoms. The Morgan fingerprint density at radius 2 is 2.30 bits per heavy atom. The van der Waals surface area contributed by atoms with E-state index in [-0.39, 0.29) is 0 Å². The third-order valence-electron chi connectivity index (χ3n) is 2.28. The van der Waals surface area contributed by atoms with Gasteiger partial charge in [-0.3, -0.25) is 0 Å². The first-order chi connectivity index (χ1) is 4.84. The molecule has 0 aromatic heterocycles. The summed E-state index contributed by atoms with van der Waals surface area (Å²) in [5.74, 6) is 0. The molecule has 1 fully saturated rings. The summed E-state index contributed by atoms with van der Waals surface area (Å²) in [6, 6.07) is 0. The lowest BCUT2D eigenvalue weighted by atomic mass is 9.87. The van der Waals surface area contributed by atoms with Crippen LogP contribution in [0, 0.1) is 0 Å². The average molecular weight is 136 g/mol. The van der Waals surface area contributed by atoms with Gasteiger partial charge in [-0.25, -0.2) is 0 Å². The van der Waals surface area contributed by atoms with E-state index in [4.69, 9.17) is 0 Å². The van der Waals surface area contributed by atoms with E-state index in [1.807, 2.05) is 6.08 Å². The van der Waals surface area contributed by atoms with Gasteiger partial charge in [0, 0.05) is 0 Å². The maximum Gasteiger partial charge on any atom is -0.0286 e. The molecule has 0 N–H and O–H groups in total. The molecule has 1 aliphatic rings. The maximum atomic E-state index is 3.71. The maximum absolute atomic E-state index is 3.71. The van der Waals surface area contributed by atoms with Crippen molar-refractivity contribution in [3.63, 3.8) is 0 Å². The summed E-state index contributed by atoms with van der Waals surface area (Å²) < 4.78 is 0. The van der Waals surface area contributed by atoms with Gasteiger partial charge in [0.1, 0.15) is 0 Å². The summed E-state index contributed by atoms with van der Waals surface area (Å²) in [6.07, 6.45) is 8.53. The van der Waals surface area contributed by atoms with Crippen LogP contribution in [0.2, 0.25) is 0 Å². The number of allylic oxidation sites excluding steroid dienone is 3. The minimum absolute atomic E-state index is 1.15. The zero-order valence-electron chi connectivity index (χ0n) is 6.82. The largest absolute Gasteiger partial charge is 0.103 e. The summed E-state index contributed by atoms with van der Waals surface area (Å²) >= 11 is 0. The fourth-order valence-electron chi connectivity index (χ4n) is 1.28. The summed E-state index contributed by atoms with van der Waals surface area (Å²) in [6.45, 7) is 5.98. The molecule has 0 bridgehead atoms. The molecule has 0 amide bonds. The van der Waals surface area contributed by atoms with Crippen molar-refractivity contribution >= 4 is 0 Å². The van der Waals surface area contributed by atoms with Crippen molar-refractivity contribution < 1.29 is 0 Å². The summed E-state index contributed by atoms with van der Waals surface area (Å²) in [7, 11) is 0. The molecule has 0 heterocycles. The van der Waals surface area contributed by atoms with Crippen LogP contribution in [0.5, 0.6) is 0 Å². The fourth-order valence-corrected chi connectivity index (χ4v) is 1.28. The van der Waals surface area contributed by atoms with Crippen molar-refractivity contribution in [2.24, 2.45) is 0 Å². The fraction of sp³-hybridized carbons (Fsp3) is 0.600. The molecule has 0 unspecified atom stereocenters. The Labute approximate surface area is 63.6 Å². The van der Waals surface area contributed by atoms with Crippen LogP contribution in [0.15, 0.2) is 23.8 Å². The van der Waals surface area contributed by atoms with Gasteiger partial charge in [0.05, 0.1) is 0 Å². The molecule has 10 heavy (non-hydrogen) atoms. The topological polar surface area (TPSA) is 0 Å². The van der Waals surface area contributed by atoms with Crippen LogP contribution >= 0.6 is 0 Å². The molecule has 1 rings (SSSR count). The second kappa shape index (κ2) is 3.60.